The lowest BCUT2D eigenvalue weighted by Gasteiger charge is -2.32. The highest BCUT2D eigenvalue weighted by Crippen LogP contribution is 2.30. The van der Waals surface area contributed by atoms with Crippen LogP contribution in [0.25, 0.3) is 0 Å². The monoisotopic (exact) mass is 349 g/mol. The van der Waals surface area contributed by atoms with Gasteiger partial charge in [-0.3, -0.25) is 9.59 Å². The van der Waals surface area contributed by atoms with E-state index in [-0.39, 0.29) is 12.3 Å². The van der Waals surface area contributed by atoms with Gasteiger partial charge in [0.25, 0.3) is 0 Å². The molecule has 136 valence electrons. The van der Waals surface area contributed by atoms with Gasteiger partial charge in [-0.25, -0.2) is 0 Å². The summed E-state index contributed by atoms with van der Waals surface area (Å²) >= 11 is 0. The minimum atomic E-state index is -0.911. The van der Waals surface area contributed by atoms with Gasteiger partial charge in [-0.1, -0.05) is 6.07 Å². The van der Waals surface area contributed by atoms with Crippen molar-refractivity contribution in [3.05, 3.63) is 23.8 Å². The largest absolute Gasteiger partial charge is 0.490 e. The number of nitrogens with zero attached hydrogens (tertiary/aromatic N) is 1. The minimum Gasteiger partial charge on any atom is -0.490 e. The van der Waals surface area contributed by atoms with Crippen molar-refractivity contribution in [2.45, 2.75) is 31.8 Å². The summed E-state index contributed by atoms with van der Waals surface area (Å²) in [6.45, 7) is 2.52. The van der Waals surface area contributed by atoms with Crippen LogP contribution in [0.3, 0.4) is 0 Å². The molecule has 1 saturated heterocycles. The number of aliphatic carboxylic acids is 1. The van der Waals surface area contributed by atoms with Crippen LogP contribution in [-0.2, 0) is 20.7 Å². The maximum absolute atomic E-state index is 12.4. The zero-order valence-corrected chi connectivity index (χ0v) is 14.1. The molecule has 1 aromatic rings. The number of fused-ring (bicyclic) bond motifs is 1. The topological polar surface area (TPSA) is 85.3 Å². The first-order chi connectivity index (χ1) is 12.1. The fourth-order valence-corrected chi connectivity index (χ4v) is 3.04. The quantitative estimate of drug-likeness (QED) is 0.867. The normalized spacial score (nSPS) is 20.0. The van der Waals surface area contributed by atoms with E-state index >= 15 is 0 Å². The van der Waals surface area contributed by atoms with Crippen molar-refractivity contribution in [1.29, 1.82) is 0 Å². The molecule has 1 fully saturated rings. The molecule has 2 heterocycles. The summed E-state index contributed by atoms with van der Waals surface area (Å²) < 4.78 is 16.7. The number of carboxylic acid groups (broad SMARTS) is 1. The maximum Gasteiger partial charge on any atom is 0.306 e. The van der Waals surface area contributed by atoms with Gasteiger partial charge in [0.1, 0.15) is 0 Å². The van der Waals surface area contributed by atoms with Gasteiger partial charge in [0, 0.05) is 25.9 Å². The lowest BCUT2D eigenvalue weighted by atomic mass is 10.1. The Morgan fingerprint density at radius 2 is 1.96 bits per heavy atom. The van der Waals surface area contributed by atoms with Gasteiger partial charge < -0.3 is 24.2 Å². The van der Waals surface area contributed by atoms with Gasteiger partial charge in [-0.2, -0.15) is 0 Å². The van der Waals surface area contributed by atoms with Crippen LogP contribution in [-0.4, -0.2) is 60.9 Å². The second kappa shape index (κ2) is 8.20. The lowest BCUT2D eigenvalue weighted by Crippen LogP contribution is -2.46. The van der Waals surface area contributed by atoms with Crippen LogP contribution in [0.5, 0.6) is 11.5 Å². The fraction of sp³-hybridized carbons (Fsp3) is 0.556. The number of hydrogen-bond donors (Lipinski definition) is 1. The molecular weight excluding hydrogens is 326 g/mol. The molecule has 1 amide bonds. The third-order valence-corrected chi connectivity index (χ3v) is 4.33. The molecule has 1 aromatic carbocycles. The first-order valence-corrected chi connectivity index (χ1v) is 8.61. The van der Waals surface area contributed by atoms with Crippen molar-refractivity contribution in [1.82, 2.24) is 4.90 Å². The Kier molecular flexibility index (Phi) is 5.75. The van der Waals surface area contributed by atoms with E-state index in [0.717, 1.165) is 23.5 Å². The number of benzene rings is 1. The Labute approximate surface area is 146 Å². The Bertz CT molecular complexity index is 632. The second-order valence-corrected chi connectivity index (χ2v) is 6.26. The molecule has 2 aliphatic rings. The molecule has 1 N–H and O–H groups in total. The minimum absolute atomic E-state index is 0.0193. The van der Waals surface area contributed by atoms with Crippen LogP contribution in [0.15, 0.2) is 18.2 Å². The van der Waals surface area contributed by atoms with E-state index in [2.05, 4.69) is 0 Å². The number of rotatable bonds is 5. The molecule has 0 aromatic heterocycles. The SMILES string of the molecule is O=C(O)C[C@H]1CN(C(=O)CCc2ccc3c(c2)OCCCO3)CCO1. The molecule has 25 heavy (non-hydrogen) atoms. The van der Waals surface area contributed by atoms with Crippen molar-refractivity contribution in [3.63, 3.8) is 0 Å². The smallest absolute Gasteiger partial charge is 0.306 e. The molecule has 7 heteroatoms. The summed E-state index contributed by atoms with van der Waals surface area (Å²) in [6.07, 6.45) is 1.34. The van der Waals surface area contributed by atoms with E-state index in [0.29, 0.717) is 45.8 Å². The van der Waals surface area contributed by atoms with E-state index in [4.69, 9.17) is 19.3 Å². The first kappa shape index (κ1) is 17.5. The summed E-state index contributed by atoms with van der Waals surface area (Å²) in [4.78, 5) is 24.9. The van der Waals surface area contributed by atoms with Crippen LogP contribution >= 0.6 is 0 Å². The summed E-state index contributed by atoms with van der Waals surface area (Å²) in [5, 5.41) is 8.85. The van der Waals surface area contributed by atoms with Crippen molar-refractivity contribution < 1.29 is 28.9 Å². The third-order valence-electron chi connectivity index (χ3n) is 4.33. The van der Waals surface area contributed by atoms with Gasteiger partial charge in [-0.15, -0.1) is 0 Å². The van der Waals surface area contributed by atoms with E-state index in [1.165, 1.54) is 0 Å². The van der Waals surface area contributed by atoms with Crippen molar-refractivity contribution in [2.24, 2.45) is 0 Å². The number of carbonyl (C=O) groups excluding carboxylic acids is 1. The Hall–Kier alpha value is -2.28. The third kappa shape index (κ3) is 4.85. The van der Waals surface area contributed by atoms with Crippen molar-refractivity contribution in [2.75, 3.05) is 32.9 Å². The lowest BCUT2D eigenvalue weighted by molar-refractivity contribution is -0.147. The summed E-state index contributed by atoms with van der Waals surface area (Å²) in [6, 6.07) is 5.77. The number of hydrogen-bond acceptors (Lipinski definition) is 5. The molecule has 0 bridgehead atoms. The van der Waals surface area contributed by atoms with E-state index in [9.17, 15) is 9.59 Å². The number of aryl methyl sites for hydroxylation is 1. The average Bonchev–Trinajstić information content (AvgIpc) is 2.84. The van der Waals surface area contributed by atoms with Crippen LogP contribution in [0.2, 0.25) is 0 Å². The van der Waals surface area contributed by atoms with Crippen LogP contribution in [0.4, 0.5) is 0 Å². The number of ether oxygens (including phenoxy) is 3. The predicted molar refractivity (Wildman–Crippen MR) is 88.9 cm³/mol. The fourth-order valence-electron chi connectivity index (χ4n) is 3.04. The van der Waals surface area contributed by atoms with Crippen LogP contribution in [0, 0.1) is 0 Å². The molecule has 3 rings (SSSR count). The number of morpholine rings is 1. The molecule has 0 unspecified atom stereocenters. The van der Waals surface area contributed by atoms with Gasteiger partial charge >= 0.3 is 5.97 Å². The van der Waals surface area contributed by atoms with Gasteiger partial charge in [0.15, 0.2) is 11.5 Å². The average molecular weight is 349 g/mol. The van der Waals surface area contributed by atoms with Crippen molar-refractivity contribution >= 4 is 11.9 Å². The molecule has 0 radical (unpaired) electrons. The highest BCUT2D eigenvalue weighted by Gasteiger charge is 2.25. The molecule has 1 atom stereocenters. The summed E-state index contributed by atoms with van der Waals surface area (Å²) in [5.74, 6) is 0.588. The van der Waals surface area contributed by atoms with Crippen LogP contribution < -0.4 is 9.47 Å². The van der Waals surface area contributed by atoms with Crippen molar-refractivity contribution in [3.8, 4) is 11.5 Å². The molecule has 2 aliphatic heterocycles. The van der Waals surface area contributed by atoms with Crippen LogP contribution in [0.1, 0.15) is 24.8 Å². The highest BCUT2D eigenvalue weighted by molar-refractivity contribution is 5.76. The zero-order valence-electron chi connectivity index (χ0n) is 14.1. The number of amides is 1. The zero-order chi connectivity index (χ0) is 17.6. The standard InChI is InChI=1S/C18H23NO6/c20-17(19-6-9-23-14(12-19)11-18(21)22)5-3-13-2-4-15-16(10-13)25-8-1-7-24-15/h2,4,10,14H,1,3,5-9,11-12H2,(H,21,22)/t14-/m0/s1. The number of carbonyl (C=O) groups is 2. The van der Waals surface area contributed by atoms with Gasteiger partial charge in [0.2, 0.25) is 5.91 Å². The van der Waals surface area contributed by atoms with E-state index < -0.39 is 12.1 Å². The number of carboxylic acids is 1. The molecule has 0 spiro atoms. The molecule has 0 aliphatic carbocycles. The summed E-state index contributed by atoms with van der Waals surface area (Å²) in [7, 11) is 0. The summed E-state index contributed by atoms with van der Waals surface area (Å²) in [5.41, 5.74) is 1.02. The van der Waals surface area contributed by atoms with E-state index in [1.807, 2.05) is 18.2 Å². The Morgan fingerprint density at radius 1 is 1.16 bits per heavy atom. The Morgan fingerprint density at radius 3 is 2.76 bits per heavy atom. The second-order valence-electron chi connectivity index (χ2n) is 6.26. The van der Waals surface area contributed by atoms with E-state index in [1.54, 1.807) is 4.90 Å². The van der Waals surface area contributed by atoms with Gasteiger partial charge in [0.05, 0.1) is 32.3 Å². The predicted octanol–water partition coefficient (Wildman–Crippen LogP) is 1.48. The first-order valence-electron chi connectivity index (χ1n) is 8.61. The molecule has 0 saturated carbocycles. The maximum atomic E-state index is 12.4. The highest BCUT2D eigenvalue weighted by atomic mass is 16.5. The van der Waals surface area contributed by atoms with Gasteiger partial charge in [-0.05, 0) is 24.1 Å². The molecular formula is C18H23NO6. The Balaban J connectivity index is 1.53. The molecule has 7 nitrogen and oxygen atoms in total.